The van der Waals surface area contributed by atoms with Crippen molar-refractivity contribution >= 4 is 11.8 Å². The van der Waals surface area contributed by atoms with E-state index in [1.54, 1.807) is 17.0 Å². The first kappa shape index (κ1) is 18.0. The molecule has 1 aliphatic carbocycles. The molecule has 1 saturated carbocycles. The molecule has 0 radical (unpaired) electrons. The quantitative estimate of drug-likeness (QED) is 0.824. The lowest BCUT2D eigenvalue weighted by Gasteiger charge is -2.40. The number of furan rings is 1. The van der Waals surface area contributed by atoms with E-state index in [0.717, 1.165) is 31.6 Å². The van der Waals surface area contributed by atoms with Crippen LogP contribution >= 0.6 is 0 Å². The van der Waals surface area contributed by atoms with Gasteiger partial charge in [-0.25, -0.2) is 0 Å². The summed E-state index contributed by atoms with van der Waals surface area (Å²) in [4.78, 5) is 28.8. The average Bonchev–Trinajstić information content (AvgIpc) is 3.14. The fraction of sp³-hybridized carbons (Fsp3) is 0.700. The van der Waals surface area contributed by atoms with E-state index >= 15 is 0 Å². The van der Waals surface area contributed by atoms with E-state index in [2.05, 4.69) is 20.8 Å². The zero-order valence-electron chi connectivity index (χ0n) is 15.7. The second-order valence-corrected chi connectivity index (χ2v) is 8.51. The Morgan fingerprint density at radius 3 is 2.12 bits per heavy atom. The Morgan fingerprint density at radius 2 is 1.60 bits per heavy atom. The Balaban J connectivity index is 1.48. The Bertz CT molecular complexity index is 587. The van der Waals surface area contributed by atoms with Gasteiger partial charge in [-0.3, -0.25) is 9.59 Å². The Kier molecular flexibility index (Phi) is 5.21. The highest BCUT2D eigenvalue weighted by Gasteiger charge is 2.35. The molecule has 5 heteroatoms. The highest BCUT2D eigenvalue weighted by atomic mass is 16.3. The predicted octanol–water partition coefficient (Wildman–Crippen LogP) is 3.42. The predicted molar refractivity (Wildman–Crippen MR) is 96.1 cm³/mol. The molecule has 2 aliphatic rings. The number of hydrogen-bond donors (Lipinski definition) is 0. The number of carbonyl (C=O) groups is 2. The van der Waals surface area contributed by atoms with E-state index in [9.17, 15) is 9.59 Å². The first-order chi connectivity index (χ1) is 11.9. The Labute approximate surface area is 150 Å². The summed E-state index contributed by atoms with van der Waals surface area (Å²) in [5, 5.41) is 0. The van der Waals surface area contributed by atoms with E-state index < -0.39 is 0 Å². The van der Waals surface area contributed by atoms with Gasteiger partial charge in [0.05, 0.1) is 6.26 Å². The number of carbonyl (C=O) groups excluding carboxylic acids is 2. The molecular formula is C20H30N2O3. The minimum Gasteiger partial charge on any atom is -0.459 e. The van der Waals surface area contributed by atoms with Gasteiger partial charge in [-0.15, -0.1) is 0 Å². The smallest absolute Gasteiger partial charge is 0.289 e. The minimum atomic E-state index is -0.0808. The zero-order chi connectivity index (χ0) is 18.0. The van der Waals surface area contributed by atoms with Crippen LogP contribution in [-0.4, -0.2) is 47.8 Å². The largest absolute Gasteiger partial charge is 0.459 e. The first-order valence-electron chi connectivity index (χ1n) is 9.48. The number of nitrogens with zero attached hydrogens (tertiary/aromatic N) is 2. The lowest BCUT2D eigenvalue weighted by molar-refractivity contribution is -0.138. The molecule has 1 aliphatic heterocycles. The van der Waals surface area contributed by atoms with Crippen LogP contribution in [0.5, 0.6) is 0 Å². The highest BCUT2D eigenvalue weighted by molar-refractivity contribution is 5.91. The Hall–Kier alpha value is -1.78. The lowest BCUT2D eigenvalue weighted by atomic mass is 9.69. The van der Waals surface area contributed by atoms with Crippen LogP contribution in [0.15, 0.2) is 22.8 Å². The first-order valence-corrected chi connectivity index (χ1v) is 9.48. The molecule has 1 aromatic heterocycles. The molecular weight excluding hydrogens is 316 g/mol. The second-order valence-electron chi connectivity index (χ2n) is 8.51. The molecule has 0 aromatic carbocycles. The number of piperazine rings is 1. The summed E-state index contributed by atoms with van der Waals surface area (Å²) in [6, 6.07) is 3.41. The number of amides is 2. The minimum absolute atomic E-state index is 0.0808. The van der Waals surface area contributed by atoms with Gasteiger partial charge in [-0.05, 0) is 49.1 Å². The molecule has 0 unspecified atom stereocenters. The van der Waals surface area contributed by atoms with Gasteiger partial charge >= 0.3 is 0 Å². The maximum Gasteiger partial charge on any atom is 0.289 e. The molecule has 138 valence electrons. The summed E-state index contributed by atoms with van der Waals surface area (Å²) < 4.78 is 5.18. The van der Waals surface area contributed by atoms with Crippen LogP contribution in [-0.2, 0) is 4.79 Å². The van der Waals surface area contributed by atoms with Gasteiger partial charge in [0.15, 0.2) is 5.76 Å². The summed E-state index contributed by atoms with van der Waals surface area (Å²) in [5.41, 5.74) is 0.339. The standard InChI is InChI=1S/C20H30N2O3/c1-20(2,3)16-8-6-15(7-9-16)18(23)21-10-12-22(13-11-21)19(24)17-5-4-14-25-17/h4-5,14-16H,6-13H2,1-3H3. The van der Waals surface area contributed by atoms with Crippen LogP contribution < -0.4 is 0 Å². The molecule has 25 heavy (non-hydrogen) atoms. The van der Waals surface area contributed by atoms with Crippen molar-refractivity contribution in [2.75, 3.05) is 26.2 Å². The average molecular weight is 346 g/mol. The van der Waals surface area contributed by atoms with Gasteiger partial charge in [-0.1, -0.05) is 20.8 Å². The van der Waals surface area contributed by atoms with Crippen molar-refractivity contribution in [2.24, 2.45) is 17.3 Å². The van der Waals surface area contributed by atoms with Crippen molar-refractivity contribution in [3.63, 3.8) is 0 Å². The van der Waals surface area contributed by atoms with E-state index in [0.29, 0.717) is 37.4 Å². The van der Waals surface area contributed by atoms with Crippen LogP contribution in [0, 0.1) is 17.3 Å². The third-order valence-electron chi connectivity index (χ3n) is 5.91. The highest BCUT2D eigenvalue weighted by Crippen LogP contribution is 2.40. The summed E-state index contributed by atoms with van der Waals surface area (Å²) in [6.07, 6.45) is 5.83. The van der Waals surface area contributed by atoms with Gasteiger partial charge in [-0.2, -0.15) is 0 Å². The van der Waals surface area contributed by atoms with Crippen molar-refractivity contribution in [3.8, 4) is 0 Å². The molecule has 3 rings (SSSR count). The topological polar surface area (TPSA) is 53.8 Å². The summed E-state index contributed by atoms with van der Waals surface area (Å²) in [6.45, 7) is 9.33. The molecule has 0 bridgehead atoms. The van der Waals surface area contributed by atoms with E-state index in [-0.39, 0.29) is 17.7 Å². The zero-order valence-corrected chi connectivity index (χ0v) is 15.7. The maximum atomic E-state index is 12.8. The van der Waals surface area contributed by atoms with E-state index in [1.807, 2.05) is 4.90 Å². The number of rotatable bonds is 2. The van der Waals surface area contributed by atoms with Gasteiger partial charge in [0, 0.05) is 32.1 Å². The van der Waals surface area contributed by atoms with Crippen LogP contribution in [0.1, 0.15) is 57.0 Å². The molecule has 0 N–H and O–H groups in total. The fourth-order valence-electron chi connectivity index (χ4n) is 4.15. The van der Waals surface area contributed by atoms with Gasteiger partial charge in [0.25, 0.3) is 5.91 Å². The van der Waals surface area contributed by atoms with Crippen molar-refractivity contribution in [1.29, 1.82) is 0 Å². The van der Waals surface area contributed by atoms with E-state index in [1.165, 1.54) is 6.26 Å². The summed E-state index contributed by atoms with van der Waals surface area (Å²) in [5.74, 6) is 1.48. The molecule has 5 nitrogen and oxygen atoms in total. The van der Waals surface area contributed by atoms with Crippen molar-refractivity contribution in [3.05, 3.63) is 24.2 Å². The van der Waals surface area contributed by atoms with Gasteiger partial charge < -0.3 is 14.2 Å². The lowest BCUT2D eigenvalue weighted by Crippen LogP contribution is -2.52. The molecule has 2 fully saturated rings. The maximum absolute atomic E-state index is 12.8. The van der Waals surface area contributed by atoms with Crippen molar-refractivity contribution in [2.45, 2.75) is 46.5 Å². The summed E-state index contributed by atoms with van der Waals surface area (Å²) >= 11 is 0. The van der Waals surface area contributed by atoms with Crippen LogP contribution in [0.3, 0.4) is 0 Å². The molecule has 1 saturated heterocycles. The monoisotopic (exact) mass is 346 g/mol. The van der Waals surface area contributed by atoms with Crippen molar-refractivity contribution in [1.82, 2.24) is 9.80 Å². The van der Waals surface area contributed by atoms with Crippen LogP contribution in [0.25, 0.3) is 0 Å². The molecule has 2 heterocycles. The van der Waals surface area contributed by atoms with Crippen molar-refractivity contribution < 1.29 is 14.0 Å². The molecule has 0 spiro atoms. The molecule has 2 amide bonds. The van der Waals surface area contributed by atoms with E-state index in [4.69, 9.17) is 4.42 Å². The normalized spacial score (nSPS) is 25.1. The van der Waals surface area contributed by atoms with Crippen LogP contribution in [0.2, 0.25) is 0 Å². The summed E-state index contributed by atoms with van der Waals surface area (Å²) in [7, 11) is 0. The van der Waals surface area contributed by atoms with Gasteiger partial charge in [0.2, 0.25) is 5.91 Å². The van der Waals surface area contributed by atoms with Gasteiger partial charge in [0.1, 0.15) is 0 Å². The van der Waals surface area contributed by atoms with Crippen LogP contribution in [0.4, 0.5) is 0 Å². The fourth-order valence-corrected chi connectivity index (χ4v) is 4.15. The molecule has 1 aromatic rings. The Morgan fingerprint density at radius 1 is 1.00 bits per heavy atom. The number of hydrogen-bond acceptors (Lipinski definition) is 3. The molecule has 0 atom stereocenters. The third-order valence-corrected chi connectivity index (χ3v) is 5.91. The SMILES string of the molecule is CC(C)(C)C1CCC(C(=O)N2CCN(C(=O)c3ccco3)CC2)CC1. The third kappa shape index (κ3) is 4.07. The second kappa shape index (κ2) is 7.22.